The van der Waals surface area contributed by atoms with Crippen LogP contribution in [0.3, 0.4) is 0 Å². The van der Waals surface area contributed by atoms with E-state index in [0.29, 0.717) is 30.2 Å². The maximum atomic E-state index is 11.6. The van der Waals surface area contributed by atoms with Crippen molar-refractivity contribution in [3.05, 3.63) is 64.2 Å². The van der Waals surface area contributed by atoms with E-state index in [-0.39, 0.29) is 0 Å². The summed E-state index contributed by atoms with van der Waals surface area (Å²) in [5, 5.41) is 10.3. The van der Waals surface area contributed by atoms with Gasteiger partial charge < -0.3 is 14.7 Å². The Kier molecular flexibility index (Phi) is 6.20. The summed E-state index contributed by atoms with van der Waals surface area (Å²) in [6.45, 7) is 4.78. The number of hydrogen-bond acceptors (Lipinski definition) is 5. The van der Waals surface area contributed by atoms with Gasteiger partial charge >= 0.3 is 5.97 Å². The second-order valence-corrected chi connectivity index (χ2v) is 6.96. The molecule has 136 valence electrons. The Balaban J connectivity index is 1.77. The molecule has 3 rings (SSSR count). The molecule has 5 nitrogen and oxygen atoms in total. The Hall–Kier alpha value is -2.44. The van der Waals surface area contributed by atoms with E-state index in [1.54, 1.807) is 0 Å². The van der Waals surface area contributed by atoms with E-state index in [9.17, 15) is 9.90 Å². The van der Waals surface area contributed by atoms with Gasteiger partial charge in [0.15, 0.2) is 5.13 Å². The van der Waals surface area contributed by atoms with Gasteiger partial charge in [-0.25, -0.2) is 9.78 Å². The number of ether oxygens (including phenoxy) is 1. The zero-order chi connectivity index (χ0) is 18.4. The number of thiazole rings is 1. The van der Waals surface area contributed by atoms with Crippen molar-refractivity contribution in [3.8, 4) is 0 Å². The van der Waals surface area contributed by atoms with E-state index in [1.807, 2.05) is 55.5 Å². The number of aromatic carboxylic acids is 1. The average molecular weight is 370 g/mol. The van der Waals surface area contributed by atoms with Gasteiger partial charge in [-0.3, -0.25) is 0 Å². The number of benzene rings is 1. The van der Waals surface area contributed by atoms with Crippen molar-refractivity contribution in [1.82, 2.24) is 4.98 Å². The van der Waals surface area contributed by atoms with E-state index in [0.717, 1.165) is 29.3 Å². The molecule has 26 heavy (non-hydrogen) atoms. The fourth-order valence-corrected chi connectivity index (χ4v) is 3.71. The summed E-state index contributed by atoms with van der Waals surface area (Å²) < 4.78 is 5.36. The third kappa shape index (κ3) is 4.59. The predicted octanol–water partition coefficient (Wildman–Crippen LogP) is 3.86. The zero-order valence-corrected chi connectivity index (χ0v) is 15.5. The molecule has 0 atom stereocenters. The number of rotatable bonds is 6. The van der Waals surface area contributed by atoms with Crippen molar-refractivity contribution < 1.29 is 14.6 Å². The molecule has 1 N–H and O–H groups in total. The second kappa shape index (κ2) is 8.78. The van der Waals surface area contributed by atoms with Gasteiger partial charge in [-0.1, -0.05) is 59.9 Å². The number of hydrogen-bond donors (Lipinski definition) is 1. The van der Waals surface area contributed by atoms with Crippen LogP contribution in [0.25, 0.3) is 6.08 Å². The van der Waals surface area contributed by atoms with Crippen LogP contribution >= 0.6 is 11.3 Å². The average Bonchev–Trinajstić information content (AvgIpc) is 3.08. The molecule has 0 amide bonds. The number of carbonyl (C=O) groups is 1. The minimum Gasteiger partial charge on any atom is -0.477 e. The smallest absolute Gasteiger partial charge is 0.347 e. The van der Waals surface area contributed by atoms with Gasteiger partial charge in [-0.05, 0) is 18.1 Å². The molecule has 0 radical (unpaired) electrons. The lowest BCUT2D eigenvalue weighted by atomic mass is 10.1. The van der Waals surface area contributed by atoms with Crippen molar-refractivity contribution in [1.29, 1.82) is 0 Å². The van der Waals surface area contributed by atoms with Gasteiger partial charge in [0.2, 0.25) is 0 Å². The van der Waals surface area contributed by atoms with Crippen LogP contribution in [0.15, 0.2) is 42.5 Å². The van der Waals surface area contributed by atoms with Gasteiger partial charge in [0.25, 0.3) is 0 Å². The highest BCUT2D eigenvalue weighted by atomic mass is 32.1. The lowest BCUT2D eigenvalue weighted by molar-refractivity contribution is 0.0701. The van der Waals surface area contributed by atoms with Gasteiger partial charge in [0.05, 0.1) is 18.9 Å². The Morgan fingerprint density at radius 2 is 2.00 bits per heavy atom. The molecular weight excluding hydrogens is 348 g/mol. The highest BCUT2D eigenvalue weighted by molar-refractivity contribution is 7.17. The fraction of sp³-hybridized carbons (Fsp3) is 0.300. The highest BCUT2D eigenvalue weighted by Gasteiger charge is 2.22. The third-order valence-electron chi connectivity index (χ3n) is 4.11. The molecule has 1 aliphatic heterocycles. The summed E-state index contributed by atoms with van der Waals surface area (Å²) in [4.78, 5) is 18.7. The maximum absolute atomic E-state index is 11.6. The number of allylic oxidation sites excluding steroid dienone is 3. The van der Waals surface area contributed by atoms with Gasteiger partial charge in [0, 0.05) is 19.5 Å². The second-order valence-electron chi connectivity index (χ2n) is 5.98. The van der Waals surface area contributed by atoms with Crippen LogP contribution in [0.4, 0.5) is 5.13 Å². The Morgan fingerprint density at radius 3 is 2.65 bits per heavy atom. The normalized spacial score (nSPS) is 15.2. The van der Waals surface area contributed by atoms with Crippen LogP contribution < -0.4 is 4.90 Å². The van der Waals surface area contributed by atoms with Gasteiger partial charge in [-0.15, -0.1) is 0 Å². The summed E-state index contributed by atoms with van der Waals surface area (Å²) >= 11 is 1.25. The van der Waals surface area contributed by atoms with E-state index < -0.39 is 5.97 Å². The number of nitrogens with zero attached hydrogens (tertiary/aromatic N) is 2. The Labute approximate surface area is 157 Å². The van der Waals surface area contributed by atoms with Crippen molar-refractivity contribution in [2.24, 2.45) is 0 Å². The first-order chi connectivity index (χ1) is 12.7. The van der Waals surface area contributed by atoms with Gasteiger partial charge in [0.1, 0.15) is 4.88 Å². The molecule has 0 spiro atoms. The van der Waals surface area contributed by atoms with E-state index in [1.165, 1.54) is 11.3 Å². The Morgan fingerprint density at radius 1 is 1.27 bits per heavy atom. The summed E-state index contributed by atoms with van der Waals surface area (Å²) in [6.07, 6.45) is 8.50. The first-order valence-electron chi connectivity index (χ1n) is 8.61. The quantitative estimate of drug-likeness (QED) is 0.783. The first kappa shape index (κ1) is 18.4. The summed E-state index contributed by atoms with van der Waals surface area (Å²) in [5.74, 6) is -0.914. The predicted molar refractivity (Wildman–Crippen MR) is 105 cm³/mol. The molecule has 0 unspecified atom stereocenters. The lowest BCUT2D eigenvalue weighted by Gasteiger charge is -2.26. The number of carboxylic acids is 1. The molecule has 2 aromatic rings. The molecule has 0 bridgehead atoms. The summed E-state index contributed by atoms with van der Waals surface area (Å²) in [5.41, 5.74) is 2.79. The van der Waals surface area contributed by atoms with E-state index in [2.05, 4.69) is 9.88 Å². The lowest BCUT2D eigenvalue weighted by Crippen LogP contribution is -2.36. The standard InChI is InChI=1S/C20H22N2O3S/c1-2-3-4-5-15-6-8-16(9-7-15)14-17-18(19(23)24)26-20(21-17)22-10-12-25-13-11-22/h2-9H,10-14H2,1H3,(H,23,24)/b3-2-,5-4-. The van der Waals surface area contributed by atoms with Crippen LogP contribution in [0.2, 0.25) is 0 Å². The minimum atomic E-state index is -0.914. The molecule has 1 aliphatic rings. The van der Waals surface area contributed by atoms with Crippen molar-refractivity contribution in [2.45, 2.75) is 13.3 Å². The van der Waals surface area contributed by atoms with Crippen LogP contribution in [-0.2, 0) is 11.2 Å². The van der Waals surface area contributed by atoms with E-state index >= 15 is 0 Å². The summed E-state index contributed by atoms with van der Waals surface area (Å²) in [6, 6.07) is 8.11. The highest BCUT2D eigenvalue weighted by Crippen LogP contribution is 2.28. The summed E-state index contributed by atoms with van der Waals surface area (Å²) in [7, 11) is 0. The van der Waals surface area contributed by atoms with Crippen molar-refractivity contribution >= 4 is 28.5 Å². The molecule has 1 aromatic heterocycles. The first-order valence-corrected chi connectivity index (χ1v) is 9.43. The molecule has 0 saturated carbocycles. The van der Waals surface area contributed by atoms with Gasteiger partial charge in [-0.2, -0.15) is 0 Å². The largest absolute Gasteiger partial charge is 0.477 e. The molecule has 1 fully saturated rings. The monoisotopic (exact) mass is 370 g/mol. The van der Waals surface area contributed by atoms with Crippen LogP contribution in [-0.4, -0.2) is 42.4 Å². The van der Waals surface area contributed by atoms with Crippen LogP contribution in [0.5, 0.6) is 0 Å². The fourth-order valence-electron chi connectivity index (χ4n) is 2.73. The Bertz CT molecular complexity index is 803. The van der Waals surface area contributed by atoms with Crippen LogP contribution in [0.1, 0.15) is 33.4 Å². The topological polar surface area (TPSA) is 62.7 Å². The SMILES string of the molecule is C/C=C\C=C/c1ccc(Cc2nc(N3CCOCC3)sc2C(=O)O)cc1. The molecule has 0 aliphatic carbocycles. The molecular formula is C20H22N2O3S. The maximum Gasteiger partial charge on any atom is 0.347 e. The zero-order valence-electron chi connectivity index (χ0n) is 14.7. The van der Waals surface area contributed by atoms with E-state index in [4.69, 9.17) is 4.74 Å². The number of anilines is 1. The minimum absolute atomic E-state index is 0.323. The number of carboxylic acid groups (broad SMARTS) is 1. The van der Waals surface area contributed by atoms with Crippen LogP contribution in [0, 0.1) is 0 Å². The number of morpholine rings is 1. The molecule has 6 heteroatoms. The van der Waals surface area contributed by atoms with Crippen molar-refractivity contribution in [3.63, 3.8) is 0 Å². The molecule has 1 saturated heterocycles. The molecule has 2 heterocycles. The third-order valence-corrected chi connectivity index (χ3v) is 5.25. The molecule has 1 aromatic carbocycles. The number of aromatic nitrogens is 1. The van der Waals surface area contributed by atoms with Crippen molar-refractivity contribution in [2.75, 3.05) is 31.2 Å².